The molecule has 0 bridgehead atoms. The van der Waals surface area contributed by atoms with Crippen molar-refractivity contribution in [2.75, 3.05) is 17.7 Å². The van der Waals surface area contributed by atoms with E-state index in [9.17, 15) is 14.4 Å². The third-order valence-corrected chi connectivity index (χ3v) is 4.91. The molecule has 0 radical (unpaired) electrons. The fraction of sp³-hybridized carbons (Fsp3) is 0.278. The molecule has 1 aromatic heterocycles. The highest BCUT2D eigenvalue weighted by molar-refractivity contribution is 7.16. The van der Waals surface area contributed by atoms with Crippen LogP contribution in [0.4, 0.5) is 10.7 Å². The van der Waals surface area contributed by atoms with Crippen molar-refractivity contribution in [2.24, 2.45) is 0 Å². The molecule has 0 saturated heterocycles. The van der Waals surface area contributed by atoms with Crippen LogP contribution in [0.3, 0.4) is 0 Å². The molecule has 0 atom stereocenters. The first-order chi connectivity index (χ1) is 12.3. The molecular formula is C18H20N2O5S. The lowest BCUT2D eigenvalue weighted by molar-refractivity contribution is -0.138. The van der Waals surface area contributed by atoms with Crippen LogP contribution >= 0.6 is 11.3 Å². The summed E-state index contributed by atoms with van der Waals surface area (Å²) in [6, 6.07) is 7.02. The molecule has 0 aliphatic heterocycles. The van der Waals surface area contributed by atoms with Gasteiger partial charge in [-0.05, 0) is 31.5 Å². The zero-order chi connectivity index (χ0) is 19.3. The Balaban J connectivity index is 2.23. The molecule has 2 amide bonds. The van der Waals surface area contributed by atoms with Gasteiger partial charge >= 0.3 is 5.97 Å². The van der Waals surface area contributed by atoms with E-state index in [1.807, 2.05) is 6.92 Å². The molecule has 0 fully saturated rings. The van der Waals surface area contributed by atoms with Gasteiger partial charge in [0.2, 0.25) is 5.91 Å². The van der Waals surface area contributed by atoms with Crippen LogP contribution in [0.1, 0.15) is 33.6 Å². The number of amides is 2. The predicted molar refractivity (Wildman–Crippen MR) is 100 cm³/mol. The Kier molecular flexibility index (Phi) is 6.35. The quantitative estimate of drug-likeness (QED) is 0.687. The number of para-hydroxylation sites is 2. The number of hydrogen-bond donors (Lipinski definition) is 3. The Hall–Kier alpha value is -2.87. The Labute approximate surface area is 155 Å². The molecule has 0 spiro atoms. The molecule has 138 valence electrons. The maximum atomic E-state index is 12.8. The third kappa shape index (κ3) is 4.60. The lowest BCUT2D eigenvalue weighted by Gasteiger charge is -2.11. The van der Waals surface area contributed by atoms with Gasteiger partial charge in [0.05, 0.1) is 24.8 Å². The molecule has 0 aliphatic rings. The largest absolute Gasteiger partial charge is 0.495 e. The summed E-state index contributed by atoms with van der Waals surface area (Å²) in [6.45, 7) is 3.66. The van der Waals surface area contributed by atoms with E-state index < -0.39 is 11.9 Å². The average Bonchev–Trinajstić information content (AvgIpc) is 2.87. The summed E-state index contributed by atoms with van der Waals surface area (Å²) >= 11 is 1.28. The number of carbonyl (C=O) groups is 3. The standard InChI is InChI=1S/C18H20N2O5S/c1-10-11(2)26-18(20-14(21)8-9-15(22)23)16(10)17(24)19-12-6-4-5-7-13(12)25-3/h4-7H,8-9H2,1-3H3,(H,19,24)(H,20,21)(H,22,23). The molecule has 0 aliphatic carbocycles. The van der Waals surface area contributed by atoms with Crippen LogP contribution in [0.5, 0.6) is 5.75 Å². The van der Waals surface area contributed by atoms with E-state index in [1.165, 1.54) is 18.4 Å². The van der Waals surface area contributed by atoms with E-state index in [-0.39, 0.29) is 18.7 Å². The Morgan fingerprint density at radius 1 is 1.12 bits per heavy atom. The second kappa shape index (κ2) is 8.48. The van der Waals surface area contributed by atoms with Crippen molar-refractivity contribution >= 4 is 39.8 Å². The van der Waals surface area contributed by atoms with Gasteiger partial charge in [-0.2, -0.15) is 0 Å². The number of aliphatic carboxylic acids is 1. The van der Waals surface area contributed by atoms with Crippen molar-refractivity contribution in [3.8, 4) is 5.75 Å². The number of anilines is 2. The number of carboxylic acids is 1. The number of benzene rings is 1. The van der Waals surface area contributed by atoms with E-state index in [1.54, 1.807) is 31.2 Å². The summed E-state index contributed by atoms with van der Waals surface area (Å²) in [4.78, 5) is 36.2. The number of thiophene rings is 1. The SMILES string of the molecule is COc1ccccc1NC(=O)c1c(NC(=O)CCC(=O)O)sc(C)c1C. The van der Waals surface area contributed by atoms with Crippen molar-refractivity contribution in [3.63, 3.8) is 0 Å². The number of methoxy groups -OCH3 is 1. The highest BCUT2D eigenvalue weighted by Gasteiger charge is 2.22. The van der Waals surface area contributed by atoms with E-state index in [4.69, 9.17) is 9.84 Å². The normalized spacial score (nSPS) is 10.3. The minimum atomic E-state index is -1.05. The number of hydrogen-bond acceptors (Lipinski definition) is 5. The molecule has 1 heterocycles. The highest BCUT2D eigenvalue weighted by atomic mass is 32.1. The van der Waals surface area contributed by atoms with Crippen LogP contribution in [0.2, 0.25) is 0 Å². The van der Waals surface area contributed by atoms with Gasteiger partial charge < -0.3 is 20.5 Å². The molecule has 2 rings (SSSR count). The number of aryl methyl sites for hydroxylation is 1. The molecular weight excluding hydrogens is 356 g/mol. The first-order valence-corrected chi connectivity index (χ1v) is 8.71. The molecule has 0 unspecified atom stereocenters. The van der Waals surface area contributed by atoms with Crippen molar-refractivity contribution in [2.45, 2.75) is 26.7 Å². The van der Waals surface area contributed by atoms with Crippen LogP contribution in [0.25, 0.3) is 0 Å². The van der Waals surface area contributed by atoms with Crippen molar-refractivity contribution in [1.82, 2.24) is 0 Å². The molecule has 0 saturated carbocycles. The van der Waals surface area contributed by atoms with Gasteiger partial charge in [0.25, 0.3) is 5.91 Å². The summed E-state index contributed by atoms with van der Waals surface area (Å²) in [6.07, 6.45) is -0.420. The first kappa shape index (κ1) is 19.5. The minimum Gasteiger partial charge on any atom is -0.495 e. The van der Waals surface area contributed by atoms with Crippen LogP contribution < -0.4 is 15.4 Å². The fourth-order valence-corrected chi connectivity index (χ4v) is 3.40. The third-order valence-electron chi connectivity index (χ3n) is 3.79. The summed E-state index contributed by atoms with van der Waals surface area (Å²) in [5, 5.41) is 14.5. The van der Waals surface area contributed by atoms with E-state index in [2.05, 4.69) is 10.6 Å². The molecule has 8 heteroatoms. The topological polar surface area (TPSA) is 105 Å². The van der Waals surface area contributed by atoms with Gasteiger partial charge in [0.1, 0.15) is 10.8 Å². The zero-order valence-corrected chi connectivity index (χ0v) is 15.5. The van der Waals surface area contributed by atoms with Crippen LogP contribution in [0.15, 0.2) is 24.3 Å². The molecule has 3 N–H and O–H groups in total. The second-order valence-corrected chi connectivity index (χ2v) is 6.81. The number of ether oxygens (including phenoxy) is 1. The van der Waals surface area contributed by atoms with Gasteiger partial charge in [0, 0.05) is 11.3 Å². The monoisotopic (exact) mass is 376 g/mol. The van der Waals surface area contributed by atoms with Gasteiger partial charge in [-0.3, -0.25) is 14.4 Å². The predicted octanol–water partition coefficient (Wildman–Crippen LogP) is 3.43. The maximum absolute atomic E-state index is 12.8. The van der Waals surface area contributed by atoms with Gasteiger partial charge in [0.15, 0.2) is 0 Å². The number of nitrogens with one attached hydrogen (secondary N) is 2. The summed E-state index contributed by atoms with van der Waals surface area (Å²) in [5.41, 5.74) is 1.64. The lowest BCUT2D eigenvalue weighted by Crippen LogP contribution is -2.18. The molecule has 7 nitrogen and oxygen atoms in total. The Morgan fingerprint density at radius 2 is 1.81 bits per heavy atom. The maximum Gasteiger partial charge on any atom is 0.303 e. The van der Waals surface area contributed by atoms with Crippen molar-refractivity contribution < 1.29 is 24.2 Å². The summed E-state index contributed by atoms with van der Waals surface area (Å²) < 4.78 is 5.23. The van der Waals surface area contributed by atoms with Crippen LogP contribution in [-0.2, 0) is 9.59 Å². The first-order valence-electron chi connectivity index (χ1n) is 7.89. The smallest absolute Gasteiger partial charge is 0.303 e. The number of rotatable bonds is 7. The highest BCUT2D eigenvalue weighted by Crippen LogP contribution is 2.34. The van der Waals surface area contributed by atoms with E-state index >= 15 is 0 Å². The van der Waals surface area contributed by atoms with Crippen LogP contribution in [-0.4, -0.2) is 30.0 Å². The van der Waals surface area contributed by atoms with E-state index in [0.717, 1.165) is 10.4 Å². The van der Waals surface area contributed by atoms with Gasteiger partial charge in [-0.25, -0.2) is 0 Å². The summed E-state index contributed by atoms with van der Waals surface area (Å²) in [5.74, 6) is -1.34. The van der Waals surface area contributed by atoms with Gasteiger partial charge in [-0.1, -0.05) is 12.1 Å². The van der Waals surface area contributed by atoms with Gasteiger partial charge in [-0.15, -0.1) is 11.3 Å². The molecule has 26 heavy (non-hydrogen) atoms. The molecule has 2 aromatic rings. The minimum absolute atomic E-state index is 0.154. The van der Waals surface area contributed by atoms with Crippen molar-refractivity contribution in [3.05, 3.63) is 40.3 Å². The second-order valence-electron chi connectivity index (χ2n) is 5.58. The van der Waals surface area contributed by atoms with Crippen molar-refractivity contribution in [1.29, 1.82) is 0 Å². The molecule has 1 aromatic carbocycles. The Morgan fingerprint density at radius 3 is 2.46 bits per heavy atom. The van der Waals surface area contributed by atoms with E-state index in [0.29, 0.717) is 22.0 Å². The number of carbonyl (C=O) groups excluding carboxylic acids is 2. The lowest BCUT2D eigenvalue weighted by atomic mass is 10.1. The number of carboxylic acid groups (broad SMARTS) is 1. The summed E-state index contributed by atoms with van der Waals surface area (Å²) in [7, 11) is 1.51. The Bertz CT molecular complexity index is 844. The fourth-order valence-electron chi connectivity index (χ4n) is 2.33. The zero-order valence-electron chi connectivity index (χ0n) is 14.7. The average molecular weight is 376 g/mol. The van der Waals surface area contributed by atoms with Crippen LogP contribution in [0, 0.1) is 13.8 Å².